The highest BCUT2D eigenvalue weighted by atomic mass is 15.3. The van der Waals surface area contributed by atoms with Crippen LogP contribution in [0.3, 0.4) is 0 Å². The highest BCUT2D eigenvalue weighted by Crippen LogP contribution is 2.63. The number of para-hydroxylation sites is 2. The molecule has 6 heterocycles. The Kier molecular flexibility index (Phi) is 9.44. The van der Waals surface area contributed by atoms with Crippen molar-refractivity contribution in [2.45, 2.75) is 95.9 Å². The first-order chi connectivity index (χ1) is 35.4. The first kappa shape index (κ1) is 44.0. The Morgan fingerprint density at radius 1 is 0.452 bits per heavy atom. The largest absolute Gasteiger partial charge is 0.334 e. The molecule has 2 unspecified atom stereocenters. The van der Waals surface area contributed by atoms with Gasteiger partial charge < -0.3 is 14.7 Å². The maximum absolute atomic E-state index is 5.18. The molecule has 0 amide bonds. The molecule has 7 aromatic carbocycles. The van der Waals surface area contributed by atoms with Crippen molar-refractivity contribution in [1.29, 1.82) is 0 Å². The molecule has 1 saturated carbocycles. The molecule has 14 rings (SSSR count). The van der Waals surface area contributed by atoms with Gasteiger partial charge in [0.15, 0.2) is 0 Å². The van der Waals surface area contributed by atoms with E-state index in [9.17, 15) is 0 Å². The molecule has 0 spiro atoms. The average Bonchev–Trinajstić information content (AvgIpc) is 3.62. The van der Waals surface area contributed by atoms with Crippen molar-refractivity contribution in [3.63, 3.8) is 0 Å². The average molecular weight is 946 g/mol. The summed E-state index contributed by atoms with van der Waals surface area (Å²) in [6.07, 6.45) is 8.58. The molecular formula is C67H60BN5. The van der Waals surface area contributed by atoms with Crippen LogP contribution in [-0.2, 0) is 16.2 Å². The Balaban J connectivity index is 1.11. The van der Waals surface area contributed by atoms with E-state index in [4.69, 9.17) is 9.97 Å². The molecule has 4 aliphatic heterocycles. The van der Waals surface area contributed by atoms with Crippen LogP contribution in [0.15, 0.2) is 188 Å². The Morgan fingerprint density at radius 3 is 1.68 bits per heavy atom. The summed E-state index contributed by atoms with van der Waals surface area (Å²) in [5.41, 5.74) is 25.3. The van der Waals surface area contributed by atoms with Crippen molar-refractivity contribution in [2.24, 2.45) is 0 Å². The van der Waals surface area contributed by atoms with Crippen LogP contribution in [0.1, 0.15) is 96.4 Å². The topological polar surface area (TPSA) is 35.5 Å². The van der Waals surface area contributed by atoms with E-state index in [-0.39, 0.29) is 28.5 Å². The van der Waals surface area contributed by atoms with Gasteiger partial charge in [-0.2, -0.15) is 0 Å². The Hall–Kier alpha value is -7.70. The minimum Gasteiger partial charge on any atom is -0.334 e. The molecule has 356 valence electrons. The normalized spacial score (nSPS) is 19.6. The fraction of sp³-hybridized carbons (Fsp3) is 0.224. The molecule has 0 N–H and O–H groups in total. The first-order valence-electron chi connectivity index (χ1n) is 26.5. The van der Waals surface area contributed by atoms with Crippen LogP contribution in [0.4, 0.5) is 45.5 Å². The highest BCUT2D eigenvalue weighted by Gasteiger charge is 2.59. The molecule has 2 aromatic heterocycles. The van der Waals surface area contributed by atoms with Crippen LogP contribution in [0, 0.1) is 0 Å². The summed E-state index contributed by atoms with van der Waals surface area (Å²) in [5.74, 6) is 0. The first-order valence-corrected chi connectivity index (χ1v) is 26.5. The lowest BCUT2D eigenvalue weighted by molar-refractivity contribution is 0.195. The second-order valence-electron chi connectivity index (χ2n) is 23.3. The fourth-order valence-electron chi connectivity index (χ4n) is 14.2. The lowest BCUT2D eigenvalue weighted by atomic mass is 9.28. The molecule has 9 aromatic rings. The monoisotopic (exact) mass is 945 g/mol. The summed E-state index contributed by atoms with van der Waals surface area (Å²) < 4.78 is 0. The predicted octanol–water partition coefficient (Wildman–Crippen LogP) is 15.2. The fourth-order valence-corrected chi connectivity index (χ4v) is 14.2. The summed E-state index contributed by atoms with van der Waals surface area (Å²) in [4.78, 5) is 18.2. The van der Waals surface area contributed by atoms with Gasteiger partial charge in [-0.15, -0.1) is 0 Å². The van der Waals surface area contributed by atoms with E-state index >= 15 is 0 Å². The van der Waals surface area contributed by atoms with Gasteiger partial charge in [-0.3, -0.25) is 9.97 Å². The zero-order valence-corrected chi connectivity index (χ0v) is 43.0. The molecule has 73 heavy (non-hydrogen) atoms. The van der Waals surface area contributed by atoms with Crippen LogP contribution < -0.4 is 31.1 Å². The van der Waals surface area contributed by atoms with Gasteiger partial charge in [-0.1, -0.05) is 164 Å². The van der Waals surface area contributed by atoms with Crippen LogP contribution >= 0.6 is 0 Å². The van der Waals surface area contributed by atoms with Crippen LogP contribution in [-0.4, -0.2) is 22.2 Å². The van der Waals surface area contributed by atoms with Crippen molar-refractivity contribution >= 4 is 68.6 Å². The minimum atomic E-state index is -0.281. The number of anilines is 8. The van der Waals surface area contributed by atoms with E-state index in [1.807, 2.05) is 18.5 Å². The predicted molar refractivity (Wildman–Crippen MR) is 306 cm³/mol. The van der Waals surface area contributed by atoms with Crippen molar-refractivity contribution in [1.82, 2.24) is 9.97 Å². The highest BCUT2D eigenvalue weighted by molar-refractivity contribution is 7.01. The van der Waals surface area contributed by atoms with E-state index < -0.39 is 0 Å². The van der Waals surface area contributed by atoms with Crippen molar-refractivity contribution in [3.05, 3.63) is 211 Å². The standard InChI is InChI=1S/C67H60BN5/c1-64(2,3)45-32-33-56-51(40-45)66(6)35-16-17-36-67(66,7)73(56)46-41-59-63-60(42-46)72(55-29-14-12-24-48(55)53-39-44(34-38-70-53)43-21-9-8-10-22-43)58-31-20-26-50-62(58)68(63)61-49(65(50,4)5)25-19-30-57(61)71(59)54-28-13-11-23-47(54)52-27-15-18-37-69-52/h8-15,18-34,37-42H,16-17,35-36H2,1-7H3. The van der Waals surface area contributed by atoms with Gasteiger partial charge in [0.05, 0.1) is 28.3 Å². The zero-order chi connectivity index (χ0) is 49.6. The number of rotatable bonds is 6. The van der Waals surface area contributed by atoms with Crippen LogP contribution in [0.5, 0.6) is 0 Å². The molecule has 0 bridgehead atoms. The zero-order valence-electron chi connectivity index (χ0n) is 43.0. The molecule has 5 nitrogen and oxygen atoms in total. The SMILES string of the molecule is CC(C)(C)c1ccc2c(c1)C1(C)CCCCC1(C)N2c1cc2c3c(c1)N(c1ccccc1-c1cc(-c4ccccc4)ccn1)c1cccc4c1B3c1c(cccc1C4(C)C)N2c1ccccc1-c1ccccn1. The molecule has 5 aliphatic rings. The van der Waals surface area contributed by atoms with Gasteiger partial charge in [0.2, 0.25) is 0 Å². The van der Waals surface area contributed by atoms with E-state index in [2.05, 4.69) is 233 Å². The molecular weight excluding hydrogens is 886 g/mol. The summed E-state index contributed by atoms with van der Waals surface area (Å²) in [6, 6.07) is 66.1. The molecule has 0 radical (unpaired) electrons. The van der Waals surface area contributed by atoms with Gasteiger partial charge in [0.25, 0.3) is 6.71 Å². The third kappa shape index (κ3) is 6.16. The number of fused-ring (bicyclic) bond motifs is 3. The van der Waals surface area contributed by atoms with Crippen LogP contribution in [0.2, 0.25) is 0 Å². The number of nitrogens with zero attached hydrogens (tertiary/aromatic N) is 5. The number of benzene rings is 7. The van der Waals surface area contributed by atoms with Gasteiger partial charge in [-0.05, 0) is 142 Å². The second-order valence-corrected chi connectivity index (χ2v) is 23.3. The Bertz CT molecular complexity index is 3730. The summed E-state index contributed by atoms with van der Waals surface area (Å²) in [7, 11) is 0. The number of hydrogen-bond donors (Lipinski definition) is 0. The summed E-state index contributed by atoms with van der Waals surface area (Å²) >= 11 is 0. The molecule has 2 atom stereocenters. The third-order valence-corrected chi connectivity index (χ3v) is 18.1. The van der Waals surface area contributed by atoms with E-state index in [1.54, 1.807) is 0 Å². The maximum Gasteiger partial charge on any atom is 0.252 e. The molecule has 1 aliphatic carbocycles. The van der Waals surface area contributed by atoms with Crippen LogP contribution in [0.25, 0.3) is 33.6 Å². The maximum atomic E-state index is 5.18. The molecule has 0 saturated heterocycles. The lowest BCUT2D eigenvalue weighted by Crippen LogP contribution is -2.67. The summed E-state index contributed by atoms with van der Waals surface area (Å²) in [5, 5.41) is 0. The van der Waals surface area contributed by atoms with Crippen molar-refractivity contribution in [3.8, 4) is 33.6 Å². The third-order valence-electron chi connectivity index (χ3n) is 18.1. The Labute approximate surface area is 431 Å². The number of aromatic nitrogens is 2. The quantitative estimate of drug-likeness (QED) is 0.155. The molecule has 6 heteroatoms. The van der Waals surface area contributed by atoms with Gasteiger partial charge in [-0.25, -0.2) is 0 Å². The second kappa shape index (κ2) is 15.7. The van der Waals surface area contributed by atoms with E-state index in [0.717, 1.165) is 52.3 Å². The minimum absolute atomic E-state index is 0.00132. The smallest absolute Gasteiger partial charge is 0.252 e. The number of pyridine rings is 2. The van der Waals surface area contributed by atoms with Crippen molar-refractivity contribution < 1.29 is 0 Å². The van der Waals surface area contributed by atoms with Crippen molar-refractivity contribution in [2.75, 3.05) is 14.7 Å². The van der Waals surface area contributed by atoms with Gasteiger partial charge in [0, 0.05) is 68.5 Å². The lowest BCUT2D eigenvalue weighted by Gasteiger charge is -2.52. The van der Waals surface area contributed by atoms with Gasteiger partial charge >= 0.3 is 0 Å². The van der Waals surface area contributed by atoms with E-state index in [1.165, 1.54) is 91.2 Å². The number of hydrogen-bond acceptors (Lipinski definition) is 5. The molecule has 1 fully saturated rings. The summed E-state index contributed by atoms with van der Waals surface area (Å²) in [6.45, 7) is 17.1. The van der Waals surface area contributed by atoms with E-state index in [0.29, 0.717) is 0 Å². The van der Waals surface area contributed by atoms with Gasteiger partial charge in [0.1, 0.15) is 0 Å². The Morgan fingerprint density at radius 2 is 1.04 bits per heavy atom.